The van der Waals surface area contributed by atoms with Crippen LogP contribution < -0.4 is 5.32 Å². The van der Waals surface area contributed by atoms with E-state index in [2.05, 4.69) is 62.0 Å². The number of fused-ring (bicyclic) bond motifs is 10. The SMILES string of the molecule is CC(C)Cn1c2ccc(Nc3ncccn3)cc2c2c3c(c4c(c21)CCc1nn(C)cc1-4)C(=O)N=C3. The Bertz CT molecular complexity index is 1740. The quantitative estimate of drug-likeness (QED) is 0.393. The van der Waals surface area contributed by atoms with Gasteiger partial charge in [-0.15, -0.1) is 0 Å². The van der Waals surface area contributed by atoms with Crippen molar-refractivity contribution < 1.29 is 4.79 Å². The van der Waals surface area contributed by atoms with Gasteiger partial charge in [0.25, 0.3) is 5.91 Å². The Labute approximate surface area is 207 Å². The van der Waals surface area contributed by atoms with Crippen molar-refractivity contribution in [3.05, 3.63) is 65.2 Å². The molecular weight excluding hydrogens is 450 g/mol. The van der Waals surface area contributed by atoms with E-state index in [1.807, 2.05) is 17.9 Å². The van der Waals surface area contributed by atoms with E-state index in [4.69, 9.17) is 0 Å². The van der Waals surface area contributed by atoms with E-state index in [1.54, 1.807) is 24.7 Å². The van der Waals surface area contributed by atoms with Crippen molar-refractivity contribution >= 4 is 45.6 Å². The fraction of sp³-hybridized carbons (Fsp3) is 0.250. The molecule has 0 atom stereocenters. The number of nitrogens with one attached hydrogen (secondary N) is 1. The standard InChI is InChI=1S/C28H25N7O/c1-15(2)13-35-22-8-5-16(32-28-29-9-4-10-30-28)11-18(22)24-19-12-31-27(36)25(19)23-17(26(24)35)6-7-21-20(23)14-34(3)33-21/h4-5,8-12,14-15H,6-7,13H2,1-3H3,(H,29,30,32). The van der Waals surface area contributed by atoms with E-state index in [1.165, 1.54) is 11.1 Å². The third kappa shape index (κ3) is 2.97. The molecule has 1 aliphatic heterocycles. The van der Waals surface area contributed by atoms with Crippen molar-refractivity contribution in [3.8, 4) is 11.1 Å². The number of aromatic nitrogens is 5. The first-order valence-electron chi connectivity index (χ1n) is 12.3. The molecule has 7 rings (SSSR count). The molecular formula is C28H25N7O. The van der Waals surface area contributed by atoms with Crippen LogP contribution in [0.1, 0.15) is 41.0 Å². The highest BCUT2D eigenvalue weighted by Crippen LogP contribution is 2.46. The summed E-state index contributed by atoms with van der Waals surface area (Å²) in [7, 11) is 1.94. The highest BCUT2D eigenvalue weighted by Gasteiger charge is 2.34. The van der Waals surface area contributed by atoms with Gasteiger partial charge in [0.2, 0.25) is 5.95 Å². The van der Waals surface area contributed by atoms with Crippen molar-refractivity contribution in [2.75, 3.05) is 5.32 Å². The number of hydrogen-bond acceptors (Lipinski definition) is 5. The lowest BCUT2D eigenvalue weighted by Gasteiger charge is -2.22. The monoisotopic (exact) mass is 475 g/mol. The van der Waals surface area contributed by atoms with E-state index < -0.39 is 0 Å². The number of rotatable bonds is 4. The van der Waals surface area contributed by atoms with Crippen LogP contribution in [0, 0.1) is 5.92 Å². The summed E-state index contributed by atoms with van der Waals surface area (Å²) >= 11 is 0. The van der Waals surface area contributed by atoms with Crippen LogP contribution in [0.25, 0.3) is 32.9 Å². The summed E-state index contributed by atoms with van der Waals surface area (Å²) in [5, 5.41) is 10.2. The van der Waals surface area contributed by atoms with Gasteiger partial charge in [-0.3, -0.25) is 9.48 Å². The molecule has 2 aromatic carbocycles. The van der Waals surface area contributed by atoms with Crippen molar-refractivity contribution in [2.24, 2.45) is 18.0 Å². The second kappa shape index (κ2) is 7.58. The molecule has 5 aromatic rings. The molecule has 8 nitrogen and oxygen atoms in total. The highest BCUT2D eigenvalue weighted by atomic mass is 16.1. The van der Waals surface area contributed by atoms with E-state index in [0.29, 0.717) is 17.4 Å². The van der Waals surface area contributed by atoms with Gasteiger partial charge in [0.1, 0.15) is 0 Å². The summed E-state index contributed by atoms with van der Waals surface area (Å²) in [4.78, 5) is 26.1. The van der Waals surface area contributed by atoms with Crippen LogP contribution in [-0.4, -0.2) is 36.4 Å². The number of carbonyl (C=O) groups is 1. The van der Waals surface area contributed by atoms with Crippen LogP contribution in [0.3, 0.4) is 0 Å². The number of aliphatic imine (C=N–C) groups is 1. The fourth-order valence-corrected chi connectivity index (χ4v) is 5.85. The van der Waals surface area contributed by atoms with Gasteiger partial charge in [-0.25, -0.2) is 15.0 Å². The van der Waals surface area contributed by atoms with Crippen molar-refractivity contribution in [3.63, 3.8) is 0 Å². The van der Waals surface area contributed by atoms with E-state index in [-0.39, 0.29) is 5.91 Å². The number of nitrogens with zero attached hydrogens (tertiary/aromatic N) is 6. The zero-order chi connectivity index (χ0) is 24.6. The maximum atomic E-state index is 13.2. The van der Waals surface area contributed by atoms with Crippen LogP contribution in [0.5, 0.6) is 0 Å². The van der Waals surface area contributed by atoms with Crippen molar-refractivity contribution in [1.29, 1.82) is 0 Å². The second-order valence-electron chi connectivity index (χ2n) is 10.0. The molecule has 36 heavy (non-hydrogen) atoms. The summed E-state index contributed by atoms with van der Waals surface area (Å²) in [6.07, 6.45) is 8.93. The predicted molar refractivity (Wildman–Crippen MR) is 141 cm³/mol. The zero-order valence-electron chi connectivity index (χ0n) is 20.4. The van der Waals surface area contributed by atoms with Crippen molar-refractivity contribution in [2.45, 2.75) is 33.2 Å². The third-order valence-corrected chi connectivity index (χ3v) is 7.12. The molecule has 8 heteroatoms. The van der Waals surface area contributed by atoms with Crippen LogP contribution in [0.15, 0.2) is 47.8 Å². The van der Waals surface area contributed by atoms with Crippen LogP contribution in [0.2, 0.25) is 0 Å². The van der Waals surface area contributed by atoms with Crippen LogP contribution in [-0.2, 0) is 26.4 Å². The number of amides is 1. The van der Waals surface area contributed by atoms with Gasteiger partial charge in [-0.1, -0.05) is 13.8 Å². The van der Waals surface area contributed by atoms with E-state index in [0.717, 1.165) is 63.7 Å². The average molecular weight is 476 g/mol. The molecule has 4 heterocycles. The predicted octanol–water partition coefficient (Wildman–Crippen LogP) is 5.06. The van der Waals surface area contributed by atoms with E-state index in [9.17, 15) is 4.79 Å². The number of hydrogen-bond donors (Lipinski definition) is 1. The first-order chi connectivity index (χ1) is 17.5. The molecule has 3 aromatic heterocycles. The van der Waals surface area contributed by atoms with Crippen molar-refractivity contribution in [1.82, 2.24) is 24.3 Å². The molecule has 0 saturated carbocycles. The van der Waals surface area contributed by atoms with Gasteiger partial charge in [-0.05, 0) is 48.6 Å². The minimum Gasteiger partial charge on any atom is -0.340 e. The summed E-state index contributed by atoms with van der Waals surface area (Å²) in [6.45, 7) is 5.36. The van der Waals surface area contributed by atoms with Crippen LogP contribution >= 0.6 is 0 Å². The van der Waals surface area contributed by atoms with Gasteiger partial charge in [0.15, 0.2) is 0 Å². The average Bonchev–Trinajstić information content (AvgIpc) is 3.52. The Morgan fingerprint density at radius 3 is 2.75 bits per heavy atom. The Morgan fingerprint density at radius 2 is 1.94 bits per heavy atom. The molecule has 178 valence electrons. The lowest BCUT2D eigenvalue weighted by molar-refractivity contribution is 0.101. The molecule has 1 amide bonds. The minimum absolute atomic E-state index is 0.170. The number of anilines is 2. The molecule has 2 aliphatic rings. The molecule has 1 aliphatic carbocycles. The maximum Gasteiger partial charge on any atom is 0.278 e. The molecule has 0 bridgehead atoms. The largest absolute Gasteiger partial charge is 0.340 e. The summed E-state index contributed by atoms with van der Waals surface area (Å²) in [5.41, 5.74) is 9.21. The Kier molecular flexibility index (Phi) is 4.42. The first kappa shape index (κ1) is 21.0. The van der Waals surface area contributed by atoms with Gasteiger partial charge in [0.05, 0.1) is 16.8 Å². The topological polar surface area (TPSA) is 90.0 Å². The van der Waals surface area contributed by atoms with Gasteiger partial charge in [0, 0.05) is 77.1 Å². The number of aryl methyl sites for hydroxylation is 3. The summed E-state index contributed by atoms with van der Waals surface area (Å²) in [5.74, 6) is 0.832. The maximum absolute atomic E-state index is 13.2. The van der Waals surface area contributed by atoms with Crippen LogP contribution in [0.4, 0.5) is 11.6 Å². The first-order valence-corrected chi connectivity index (χ1v) is 12.3. The Hall–Kier alpha value is -4.33. The minimum atomic E-state index is -0.170. The summed E-state index contributed by atoms with van der Waals surface area (Å²) in [6, 6.07) is 8.17. The fourth-order valence-electron chi connectivity index (χ4n) is 5.85. The number of carbonyl (C=O) groups excluding carboxylic acids is 1. The Balaban J connectivity index is 1.58. The highest BCUT2D eigenvalue weighted by molar-refractivity contribution is 6.28. The third-order valence-electron chi connectivity index (χ3n) is 7.12. The smallest absolute Gasteiger partial charge is 0.278 e. The van der Waals surface area contributed by atoms with Gasteiger partial charge in [-0.2, -0.15) is 5.10 Å². The normalized spacial score (nSPS) is 14.1. The van der Waals surface area contributed by atoms with Gasteiger partial charge < -0.3 is 9.88 Å². The lowest BCUT2D eigenvalue weighted by atomic mass is 9.82. The summed E-state index contributed by atoms with van der Waals surface area (Å²) < 4.78 is 4.29. The zero-order valence-corrected chi connectivity index (χ0v) is 20.4. The second-order valence-corrected chi connectivity index (χ2v) is 10.0. The molecule has 0 unspecified atom stereocenters. The van der Waals surface area contributed by atoms with E-state index >= 15 is 0 Å². The molecule has 0 spiro atoms. The lowest BCUT2D eigenvalue weighted by Crippen LogP contribution is -2.12. The molecule has 0 fully saturated rings. The molecule has 1 N–H and O–H groups in total. The Morgan fingerprint density at radius 1 is 1.11 bits per heavy atom. The number of benzene rings is 2. The molecule has 0 saturated heterocycles. The molecule has 0 radical (unpaired) electrons. The van der Waals surface area contributed by atoms with Gasteiger partial charge >= 0.3 is 0 Å².